The Bertz CT molecular complexity index is 195. The number of rotatable bonds is 3. The van der Waals surface area contributed by atoms with E-state index in [1.807, 2.05) is 6.08 Å². The Hall–Kier alpha value is -0.590. The van der Waals surface area contributed by atoms with Gasteiger partial charge in [-0.3, -0.25) is 4.79 Å². The molecule has 0 spiro atoms. The normalized spacial score (nSPS) is 35.5. The van der Waals surface area contributed by atoms with Gasteiger partial charge in [0.15, 0.2) is 0 Å². The van der Waals surface area contributed by atoms with Gasteiger partial charge in [0.2, 0.25) is 0 Å². The van der Waals surface area contributed by atoms with E-state index in [-0.39, 0.29) is 11.3 Å². The van der Waals surface area contributed by atoms with Crippen molar-refractivity contribution in [3.8, 4) is 0 Å². The molecule has 1 fully saturated rings. The van der Waals surface area contributed by atoms with Crippen molar-refractivity contribution in [2.24, 2.45) is 11.3 Å². The van der Waals surface area contributed by atoms with E-state index < -0.39 is 0 Å². The molecular weight excluding hydrogens is 148 g/mol. The van der Waals surface area contributed by atoms with Gasteiger partial charge >= 0.3 is 0 Å². The molecule has 1 heteroatoms. The first-order valence-corrected chi connectivity index (χ1v) is 4.74. The van der Waals surface area contributed by atoms with Crippen molar-refractivity contribution in [3.63, 3.8) is 0 Å². The van der Waals surface area contributed by atoms with Crippen LogP contribution in [0.15, 0.2) is 12.7 Å². The minimum Gasteiger partial charge on any atom is -0.299 e. The molecule has 0 aliphatic heterocycles. The third-order valence-corrected chi connectivity index (χ3v) is 3.39. The van der Waals surface area contributed by atoms with Gasteiger partial charge in [-0.15, -0.1) is 6.58 Å². The fraction of sp³-hybridized carbons (Fsp3) is 0.727. The highest BCUT2D eigenvalue weighted by Gasteiger charge is 2.40. The van der Waals surface area contributed by atoms with Crippen LogP contribution in [-0.4, -0.2) is 5.78 Å². The van der Waals surface area contributed by atoms with Gasteiger partial charge in [-0.1, -0.05) is 19.9 Å². The Morgan fingerprint density at radius 2 is 2.42 bits per heavy atom. The zero-order valence-corrected chi connectivity index (χ0v) is 8.10. The highest BCUT2D eigenvalue weighted by molar-refractivity contribution is 5.83. The van der Waals surface area contributed by atoms with Gasteiger partial charge in [0, 0.05) is 12.3 Å². The predicted octanol–water partition coefficient (Wildman–Crippen LogP) is 2.96. The SMILES string of the molecule is C=CCCC1(C)CCC(=O)C1C. The summed E-state index contributed by atoms with van der Waals surface area (Å²) < 4.78 is 0. The van der Waals surface area contributed by atoms with Crippen LogP contribution in [0.3, 0.4) is 0 Å². The second-order valence-electron chi connectivity index (χ2n) is 4.17. The maximum atomic E-state index is 11.3. The third kappa shape index (κ3) is 1.60. The molecule has 0 bridgehead atoms. The molecule has 0 radical (unpaired) electrons. The molecule has 1 rings (SSSR count). The molecular formula is C11H18O. The van der Waals surface area contributed by atoms with Crippen LogP contribution < -0.4 is 0 Å². The summed E-state index contributed by atoms with van der Waals surface area (Å²) in [6.45, 7) is 8.01. The van der Waals surface area contributed by atoms with Crippen molar-refractivity contribution in [2.75, 3.05) is 0 Å². The van der Waals surface area contributed by atoms with E-state index in [1.54, 1.807) is 0 Å². The van der Waals surface area contributed by atoms with Crippen LogP contribution in [-0.2, 0) is 4.79 Å². The van der Waals surface area contributed by atoms with Crippen LogP contribution in [0.2, 0.25) is 0 Å². The van der Waals surface area contributed by atoms with E-state index in [2.05, 4.69) is 20.4 Å². The van der Waals surface area contributed by atoms with Crippen LogP contribution in [0, 0.1) is 11.3 Å². The molecule has 0 aromatic heterocycles. The number of allylic oxidation sites excluding steroid dienone is 1. The molecule has 1 aliphatic rings. The molecule has 1 saturated carbocycles. The van der Waals surface area contributed by atoms with Crippen molar-refractivity contribution in [2.45, 2.75) is 39.5 Å². The van der Waals surface area contributed by atoms with Gasteiger partial charge in [0.25, 0.3) is 0 Å². The molecule has 0 aromatic rings. The third-order valence-electron chi connectivity index (χ3n) is 3.39. The number of hydrogen-bond donors (Lipinski definition) is 0. The molecule has 68 valence electrons. The molecule has 0 amide bonds. The van der Waals surface area contributed by atoms with Gasteiger partial charge in [0.1, 0.15) is 5.78 Å². The highest BCUT2D eigenvalue weighted by atomic mass is 16.1. The Morgan fingerprint density at radius 1 is 1.75 bits per heavy atom. The molecule has 0 heterocycles. The molecule has 12 heavy (non-hydrogen) atoms. The topological polar surface area (TPSA) is 17.1 Å². The molecule has 1 aliphatic carbocycles. The van der Waals surface area contributed by atoms with E-state index >= 15 is 0 Å². The van der Waals surface area contributed by atoms with E-state index in [0.29, 0.717) is 5.78 Å². The first kappa shape index (κ1) is 9.50. The van der Waals surface area contributed by atoms with Gasteiger partial charge in [-0.05, 0) is 24.7 Å². The Balaban J connectivity index is 2.59. The van der Waals surface area contributed by atoms with Gasteiger partial charge in [-0.25, -0.2) is 0 Å². The fourth-order valence-corrected chi connectivity index (χ4v) is 2.00. The van der Waals surface area contributed by atoms with Crippen LogP contribution in [0.4, 0.5) is 0 Å². The van der Waals surface area contributed by atoms with E-state index in [9.17, 15) is 4.79 Å². The quantitative estimate of drug-likeness (QED) is 0.589. The lowest BCUT2D eigenvalue weighted by atomic mass is 9.77. The first-order valence-electron chi connectivity index (χ1n) is 4.74. The van der Waals surface area contributed by atoms with Crippen LogP contribution in [0.1, 0.15) is 39.5 Å². The molecule has 2 atom stereocenters. The summed E-state index contributed by atoms with van der Waals surface area (Å²) in [5, 5.41) is 0. The largest absolute Gasteiger partial charge is 0.299 e. The summed E-state index contributed by atoms with van der Waals surface area (Å²) in [6, 6.07) is 0. The number of Topliss-reactive ketones (excluding diaryl/α,β-unsaturated/α-hetero) is 1. The summed E-state index contributed by atoms with van der Waals surface area (Å²) in [4.78, 5) is 11.3. The zero-order chi connectivity index (χ0) is 9.19. The monoisotopic (exact) mass is 166 g/mol. The summed E-state index contributed by atoms with van der Waals surface area (Å²) in [5.41, 5.74) is 0.255. The van der Waals surface area contributed by atoms with Crippen LogP contribution in [0.5, 0.6) is 0 Å². The lowest BCUT2D eigenvalue weighted by Crippen LogP contribution is -2.22. The minimum atomic E-state index is 0.255. The zero-order valence-electron chi connectivity index (χ0n) is 8.10. The average molecular weight is 166 g/mol. The summed E-state index contributed by atoms with van der Waals surface area (Å²) >= 11 is 0. The fourth-order valence-electron chi connectivity index (χ4n) is 2.00. The minimum absolute atomic E-state index is 0.255. The lowest BCUT2D eigenvalue weighted by molar-refractivity contribution is -0.121. The lowest BCUT2D eigenvalue weighted by Gasteiger charge is -2.27. The maximum absolute atomic E-state index is 11.3. The second-order valence-corrected chi connectivity index (χ2v) is 4.17. The summed E-state index contributed by atoms with van der Waals surface area (Å²) in [5.74, 6) is 0.707. The Kier molecular flexibility index (Phi) is 2.71. The highest BCUT2D eigenvalue weighted by Crippen LogP contribution is 2.44. The number of hydrogen-bond acceptors (Lipinski definition) is 1. The molecule has 0 aromatic carbocycles. The molecule has 0 N–H and O–H groups in total. The standard InChI is InChI=1S/C11H18O/c1-4-5-7-11(3)8-6-10(12)9(11)2/h4,9H,1,5-8H2,2-3H3. The molecule has 2 unspecified atom stereocenters. The average Bonchev–Trinajstić information content (AvgIpc) is 2.31. The van der Waals surface area contributed by atoms with E-state index in [4.69, 9.17) is 0 Å². The maximum Gasteiger partial charge on any atom is 0.136 e. The van der Waals surface area contributed by atoms with Crippen molar-refractivity contribution in [1.82, 2.24) is 0 Å². The smallest absolute Gasteiger partial charge is 0.136 e. The summed E-state index contributed by atoms with van der Waals surface area (Å²) in [7, 11) is 0. The van der Waals surface area contributed by atoms with Crippen molar-refractivity contribution < 1.29 is 4.79 Å². The van der Waals surface area contributed by atoms with Gasteiger partial charge in [0.05, 0.1) is 0 Å². The van der Waals surface area contributed by atoms with Crippen LogP contribution >= 0.6 is 0 Å². The number of carbonyl (C=O) groups is 1. The van der Waals surface area contributed by atoms with E-state index in [0.717, 1.165) is 25.7 Å². The first-order chi connectivity index (χ1) is 5.60. The number of carbonyl (C=O) groups excluding carboxylic acids is 1. The van der Waals surface area contributed by atoms with Gasteiger partial charge < -0.3 is 0 Å². The Labute approximate surface area is 74.9 Å². The number of ketones is 1. The predicted molar refractivity (Wildman–Crippen MR) is 50.9 cm³/mol. The summed E-state index contributed by atoms with van der Waals surface area (Å²) in [6.07, 6.45) is 5.95. The van der Waals surface area contributed by atoms with Crippen molar-refractivity contribution >= 4 is 5.78 Å². The van der Waals surface area contributed by atoms with E-state index in [1.165, 1.54) is 0 Å². The molecule has 1 nitrogen and oxygen atoms in total. The van der Waals surface area contributed by atoms with Crippen LogP contribution in [0.25, 0.3) is 0 Å². The van der Waals surface area contributed by atoms with Crippen molar-refractivity contribution in [1.29, 1.82) is 0 Å². The van der Waals surface area contributed by atoms with Crippen molar-refractivity contribution in [3.05, 3.63) is 12.7 Å². The Morgan fingerprint density at radius 3 is 2.83 bits per heavy atom. The molecule has 0 saturated heterocycles. The second kappa shape index (κ2) is 3.42. The van der Waals surface area contributed by atoms with Gasteiger partial charge in [-0.2, -0.15) is 0 Å².